The second-order valence-corrected chi connectivity index (χ2v) is 6.22. The second kappa shape index (κ2) is 6.55. The van der Waals surface area contributed by atoms with E-state index in [0.29, 0.717) is 6.54 Å². The number of nitrogens with zero attached hydrogens (tertiary/aromatic N) is 1. The molecule has 1 N–H and O–H groups in total. The van der Waals surface area contributed by atoms with Crippen LogP contribution in [0.1, 0.15) is 40.2 Å². The summed E-state index contributed by atoms with van der Waals surface area (Å²) in [6.45, 7) is 9.82. The average Bonchev–Trinajstić information content (AvgIpc) is 2.34. The van der Waals surface area contributed by atoms with E-state index in [1.807, 2.05) is 65.0 Å². The molecular weight excluding hydrogens is 252 g/mol. The van der Waals surface area contributed by atoms with Crippen molar-refractivity contribution in [2.24, 2.45) is 0 Å². The van der Waals surface area contributed by atoms with Crippen LogP contribution in [0.4, 0.5) is 0 Å². The second-order valence-electron chi connectivity index (χ2n) is 6.22. The molecule has 0 aliphatic heterocycles. The maximum Gasteiger partial charge on any atom is 0.312 e. The summed E-state index contributed by atoms with van der Waals surface area (Å²) in [6, 6.07) is 9.64. The molecule has 4 nitrogen and oxygen atoms in total. The van der Waals surface area contributed by atoms with Gasteiger partial charge in [-0.15, -0.1) is 0 Å². The fourth-order valence-corrected chi connectivity index (χ4v) is 1.79. The SMILES string of the molecule is CC(C)N(Cc1ccccc1)C(=O)C(=O)NC(C)(C)C. The van der Waals surface area contributed by atoms with E-state index < -0.39 is 17.4 Å². The van der Waals surface area contributed by atoms with Crippen molar-refractivity contribution in [1.82, 2.24) is 10.2 Å². The van der Waals surface area contributed by atoms with Gasteiger partial charge in [0.1, 0.15) is 0 Å². The lowest BCUT2D eigenvalue weighted by molar-refractivity contribution is -0.148. The normalized spacial score (nSPS) is 11.3. The smallest absolute Gasteiger partial charge is 0.312 e. The molecule has 0 aromatic heterocycles. The molecule has 0 atom stereocenters. The van der Waals surface area contributed by atoms with Gasteiger partial charge in [-0.25, -0.2) is 0 Å². The van der Waals surface area contributed by atoms with Crippen LogP contribution in [0, 0.1) is 0 Å². The summed E-state index contributed by atoms with van der Waals surface area (Å²) < 4.78 is 0. The van der Waals surface area contributed by atoms with Crippen LogP contribution in [-0.4, -0.2) is 28.3 Å². The van der Waals surface area contributed by atoms with Crippen LogP contribution in [0.3, 0.4) is 0 Å². The summed E-state index contributed by atoms with van der Waals surface area (Å²) in [5.74, 6) is -1.04. The van der Waals surface area contributed by atoms with E-state index in [2.05, 4.69) is 5.32 Å². The van der Waals surface area contributed by atoms with Gasteiger partial charge in [0.05, 0.1) is 0 Å². The van der Waals surface area contributed by atoms with Crippen molar-refractivity contribution >= 4 is 11.8 Å². The zero-order valence-electron chi connectivity index (χ0n) is 12.9. The number of nitrogens with one attached hydrogen (secondary N) is 1. The number of hydrogen-bond acceptors (Lipinski definition) is 2. The number of carbonyl (C=O) groups is 2. The number of amides is 2. The predicted octanol–water partition coefficient (Wildman–Crippen LogP) is 2.34. The minimum atomic E-state index is -0.554. The Kier molecular flexibility index (Phi) is 5.31. The highest BCUT2D eigenvalue weighted by atomic mass is 16.2. The lowest BCUT2D eigenvalue weighted by atomic mass is 10.1. The molecule has 0 saturated heterocycles. The summed E-state index contributed by atoms with van der Waals surface area (Å²) in [6.07, 6.45) is 0. The van der Waals surface area contributed by atoms with Crippen LogP contribution < -0.4 is 5.32 Å². The quantitative estimate of drug-likeness (QED) is 0.861. The molecule has 0 bridgehead atoms. The van der Waals surface area contributed by atoms with Gasteiger partial charge >= 0.3 is 11.8 Å². The van der Waals surface area contributed by atoms with Crippen molar-refractivity contribution in [2.75, 3.05) is 0 Å². The van der Waals surface area contributed by atoms with Gasteiger partial charge < -0.3 is 10.2 Å². The topological polar surface area (TPSA) is 49.4 Å². The summed E-state index contributed by atoms with van der Waals surface area (Å²) in [5.41, 5.74) is 0.598. The molecule has 0 fully saturated rings. The molecule has 0 aliphatic carbocycles. The van der Waals surface area contributed by atoms with E-state index in [-0.39, 0.29) is 6.04 Å². The molecule has 4 heteroatoms. The average molecular weight is 276 g/mol. The summed E-state index contributed by atoms with van der Waals surface area (Å²) in [5, 5.41) is 2.71. The third-order valence-corrected chi connectivity index (χ3v) is 2.76. The summed E-state index contributed by atoms with van der Waals surface area (Å²) in [4.78, 5) is 25.9. The first kappa shape index (κ1) is 16.2. The first-order valence-electron chi connectivity index (χ1n) is 6.88. The van der Waals surface area contributed by atoms with Crippen LogP contribution >= 0.6 is 0 Å². The minimum Gasteiger partial charge on any atom is -0.343 e. The van der Waals surface area contributed by atoms with Crippen molar-refractivity contribution in [3.05, 3.63) is 35.9 Å². The molecular formula is C16H24N2O2. The minimum absolute atomic E-state index is 0.0339. The molecule has 1 aromatic carbocycles. The van der Waals surface area contributed by atoms with E-state index in [9.17, 15) is 9.59 Å². The van der Waals surface area contributed by atoms with E-state index >= 15 is 0 Å². The van der Waals surface area contributed by atoms with Crippen LogP contribution in [0.2, 0.25) is 0 Å². The van der Waals surface area contributed by atoms with Gasteiger partial charge in [-0.05, 0) is 40.2 Å². The fourth-order valence-electron chi connectivity index (χ4n) is 1.79. The van der Waals surface area contributed by atoms with E-state index in [0.717, 1.165) is 5.56 Å². The van der Waals surface area contributed by atoms with Gasteiger partial charge in [0.25, 0.3) is 0 Å². The number of rotatable bonds is 3. The Hall–Kier alpha value is -1.84. The predicted molar refractivity (Wildman–Crippen MR) is 80.0 cm³/mol. The highest BCUT2D eigenvalue weighted by Crippen LogP contribution is 2.09. The molecule has 0 spiro atoms. The molecule has 0 heterocycles. The monoisotopic (exact) mass is 276 g/mol. The van der Waals surface area contributed by atoms with Crippen molar-refractivity contribution < 1.29 is 9.59 Å². The van der Waals surface area contributed by atoms with Gasteiger partial charge in [0, 0.05) is 18.1 Å². The first-order chi connectivity index (χ1) is 9.20. The van der Waals surface area contributed by atoms with Crippen molar-refractivity contribution in [3.63, 3.8) is 0 Å². The molecule has 110 valence electrons. The Morgan fingerprint density at radius 1 is 1.15 bits per heavy atom. The standard InChI is InChI=1S/C16H24N2O2/c1-12(2)18(11-13-9-7-6-8-10-13)15(20)14(19)17-16(3,4)5/h6-10,12H,11H2,1-5H3,(H,17,19). The van der Waals surface area contributed by atoms with Gasteiger partial charge in [0.15, 0.2) is 0 Å². The first-order valence-corrected chi connectivity index (χ1v) is 6.88. The molecule has 0 aliphatic rings. The van der Waals surface area contributed by atoms with Crippen LogP contribution in [0.5, 0.6) is 0 Å². The molecule has 1 rings (SSSR count). The van der Waals surface area contributed by atoms with Crippen LogP contribution in [0.25, 0.3) is 0 Å². The largest absolute Gasteiger partial charge is 0.343 e. The number of hydrogen-bond donors (Lipinski definition) is 1. The lowest BCUT2D eigenvalue weighted by Crippen LogP contribution is -2.50. The zero-order valence-corrected chi connectivity index (χ0v) is 12.9. The number of benzene rings is 1. The van der Waals surface area contributed by atoms with E-state index in [1.165, 1.54) is 0 Å². The number of carbonyl (C=O) groups excluding carboxylic acids is 2. The van der Waals surface area contributed by atoms with Gasteiger partial charge in [-0.1, -0.05) is 30.3 Å². The van der Waals surface area contributed by atoms with Gasteiger partial charge in [0.2, 0.25) is 0 Å². The van der Waals surface area contributed by atoms with Gasteiger partial charge in [-0.2, -0.15) is 0 Å². The summed E-state index contributed by atoms with van der Waals surface area (Å²) >= 11 is 0. The Labute approximate surface area is 121 Å². The maximum atomic E-state index is 12.3. The highest BCUT2D eigenvalue weighted by Gasteiger charge is 2.27. The highest BCUT2D eigenvalue weighted by molar-refractivity contribution is 6.35. The molecule has 0 saturated carbocycles. The molecule has 0 unspecified atom stereocenters. The Bertz CT molecular complexity index is 461. The lowest BCUT2D eigenvalue weighted by Gasteiger charge is -2.28. The molecule has 0 radical (unpaired) electrons. The Morgan fingerprint density at radius 3 is 2.15 bits per heavy atom. The zero-order chi connectivity index (χ0) is 15.3. The Morgan fingerprint density at radius 2 is 1.70 bits per heavy atom. The van der Waals surface area contributed by atoms with Crippen LogP contribution in [-0.2, 0) is 16.1 Å². The molecule has 2 amide bonds. The fraction of sp³-hybridized carbons (Fsp3) is 0.500. The summed E-state index contributed by atoms with van der Waals surface area (Å²) in [7, 11) is 0. The van der Waals surface area contributed by atoms with E-state index in [4.69, 9.17) is 0 Å². The third-order valence-electron chi connectivity index (χ3n) is 2.76. The molecule has 1 aromatic rings. The van der Waals surface area contributed by atoms with Crippen LogP contribution in [0.15, 0.2) is 30.3 Å². The van der Waals surface area contributed by atoms with Crippen molar-refractivity contribution in [1.29, 1.82) is 0 Å². The van der Waals surface area contributed by atoms with Crippen molar-refractivity contribution in [2.45, 2.75) is 52.7 Å². The third kappa shape index (κ3) is 5.03. The van der Waals surface area contributed by atoms with E-state index in [1.54, 1.807) is 4.90 Å². The Balaban J connectivity index is 2.81. The molecule has 20 heavy (non-hydrogen) atoms. The van der Waals surface area contributed by atoms with Gasteiger partial charge in [-0.3, -0.25) is 9.59 Å². The maximum absolute atomic E-state index is 12.3. The van der Waals surface area contributed by atoms with Crippen molar-refractivity contribution in [3.8, 4) is 0 Å².